The standard InChI is InChI=1S/C13H18N4O/c1-8-4-9(5-10-7-15-16-12(8)10)6-11(14)13(18)17(2)3/h4-5,7,11H,6,14H2,1-3H3,(H,15,16). The number of nitrogens with one attached hydrogen (secondary N) is 1. The molecule has 1 aromatic heterocycles. The maximum Gasteiger partial charge on any atom is 0.239 e. The summed E-state index contributed by atoms with van der Waals surface area (Å²) < 4.78 is 0. The van der Waals surface area contributed by atoms with Gasteiger partial charge in [0.2, 0.25) is 5.91 Å². The summed E-state index contributed by atoms with van der Waals surface area (Å²) in [4.78, 5) is 13.2. The van der Waals surface area contributed by atoms with Crippen LogP contribution in [0.2, 0.25) is 0 Å². The van der Waals surface area contributed by atoms with Gasteiger partial charge in [-0.15, -0.1) is 0 Å². The van der Waals surface area contributed by atoms with E-state index in [9.17, 15) is 4.79 Å². The molecule has 3 N–H and O–H groups in total. The smallest absolute Gasteiger partial charge is 0.239 e. The third-order valence-corrected chi connectivity index (χ3v) is 3.02. The van der Waals surface area contributed by atoms with E-state index in [0.717, 1.165) is 22.0 Å². The monoisotopic (exact) mass is 246 g/mol. The zero-order valence-corrected chi connectivity index (χ0v) is 10.9. The predicted molar refractivity (Wildman–Crippen MR) is 71.2 cm³/mol. The maximum atomic E-state index is 11.7. The zero-order valence-electron chi connectivity index (χ0n) is 10.9. The highest BCUT2D eigenvalue weighted by Gasteiger charge is 2.16. The van der Waals surface area contributed by atoms with Gasteiger partial charge in [0.05, 0.1) is 17.8 Å². The normalized spacial score (nSPS) is 12.7. The second kappa shape index (κ2) is 4.78. The van der Waals surface area contributed by atoms with E-state index in [1.807, 2.05) is 19.1 Å². The highest BCUT2D eigenvalue weighted by molar-refractivity contribution is 5.83. The first kappa shape index (κ1) is 12.6. The Kier molecular flexibility index (Phi) is 3.34. The Balaban J connectivity index is 2.24. The van der Waals surface area contributed by atoms with Crippen molar-refractivity contribution in [3.63, 3.8) is 0 Å². The van der Waals surface area contributed by atoms with Crippen LogP contribution in [0.15, 0.2) is 18.3 Å². The van der Waals surface area contributed by atoms with Crippen LogP contribution < -0.4 is 5.73 Å². The quantitative estimate of drug-likeness (QED) is 0.842. The van der Waals surface area contributed by atoms with Crippen molar-refractivity contribution >= 4 is 16.8 Å². The fourth-order valence-electron chi connectivity index (χ4n) is 2.10. The Bertz CT molecular complexity index is 573. The number of aromatic amines is 1. The minimum Gasteiger partial charge on any atom is -0.347 e. The van der Waals surface area contributed by atoms with Gasteiger partial charge in [-0.2, -0.15) is 5.10 Å². The Hall–Kier alpha value is -1.88. The van der Waals surface area contributed by atoms with Gasteiger partial charge in [-0.25, -0.2) is 0 Å². The second-order valence-corrected chi connectivity index (χ2v) is 4.79. The molecule has 0 aliphatic carbocycles. The fourth-order valence-corrected chi connectivity index (χ4v) is 2.10. The highest BCUT2D eigenvalue weighted by Crippen LogP contribution is 2.18. The van der Waals surface area contributed by atoms with Crippen LogP contribution in [0, 0.1) is 6.92 Å². The molecule has 0 aliphatic rings. The van der Waals surface area contributed by atoms with E-state index in [1.54, 1.807) is 20.3 Å². The lowest BCUT2D eigenvalue weighted by atomic mass is 10.0. The Labute approximate surface area is 106 Å². The number of carbonyl (C=O) groups is 1. The van der Waals surface area contributed by atoms with Crippen LogP contribution in [0.3, 0.4) is 0 Å². The second-order valence-electron chi connectivity index (χ2n) is 4.79. The molecule has 96 valence electrons. The van der Waals surface area contributed by atoms with E-state index in [2.05, 4.69) is 10.2 Å². The largest absolute Gasteiger partial charge is 0.347 e. The van der Waals surface area contributed by atoms with E-state index in [0.29, 0.717) is 6.42 Å². The van der Waals surface area contributed by atoms with Crippen LogP contribution in [0.4, 0.5) is 0 Å². The van der Waals surface area contributed by atoms with E-state index in [-0.39, 0.29) is 5.91 Å². The Morgan fingerprint density at radius 2 is 2.22 bits per heavy atom. The van der Waals surface area contributed by atoms with Crippen molar-refractivity contribution in [2.75, 3.05) is 14.1 Å². The van der Waals surface area contributed by atoms with E-state index in [1.165, 1.54) is 4.90 Å². The summed E-state index contributed by atoms with van der Waals surface area (Å²) in [7, 11) is 3.43. The molecule has 1 heterocycles. The Morgan fingerprint density at radius 3 is 2.89 bits per heavy atom. The molecule has 2 aromatic rings. The molecule has 5 nitrogen and oxygen atoms in total. The Morgan fingerprint density at radius 1 is 1.50 bits per heavy atom. The summed E-state index contributed by atoms with van der Waals surface area (Å²) in [6, 6.07) is 3.57. The molecule has 0 bridgehead atoms. The molecule has 0 spiro atoms. The number of amides is 1. The first-order valence-electron chi connectivity index (χ1n) is 5.88. The number of rotatable bonds is 3. The van der Waals surface area contributed by atoms with Gasteiger partial charge < -0.3 is 10.6 Å². The molecule has 1 aromatic carbocycles. The van der Waals surface area contributed by atoms with Crippen molar-refractivity contribution in [3.05, 3.63) is 29.5 Å². The number of carbonyl (C=O) groups excluding carboxylic acids is 1. The predicted octanol–water partition coefficient (Wildman–Crippen LogP) is 0.829. The number of fused-ring (bicyclic) bond motifs is 1. The average Bonchev–Trinajstić information content (AvgIpc) is 2.76. The molecule has 0 radical (unpaired) electrons. The molecule has 18 heavy (non-hydrogen) atoms. The first-order valence-corrected chi connectivity index (χ1v) is 5.88. The number of aryl methyl sites for hydroxylation is 1. The van der Waals surface area contributed by atoms with Gasteiger partial charge in [0.1, 0.15) is 0 Å². The molecule has 1 amide bonds. The topological polar surface area (TPSA) is 75.0 Å². The van der Waals surface area contributed by atoms with E-state index >= 15 is 0 Å². The molecule has 0 saturated carbocycles. The zero-order chi connectivity index (χ0) is 13.3. The van der Waals surface area contributed by atoms with Crippen molar-refractivity contribution in [3.8, 4) is 0 Å². The SMILES string of the molecule is Cc1cc(CC(N)C(=O)N(C)C)cc2cn[nH]c12. The molecule has 0 aliphatic heterocycles. The molecule has 1 atom stereocenters. The first-order chi connectivity index (χ1) is 8.49. The summed E-state index contributed by atoms with van der Waals surface area (Å²) in [5.41, 5.74) is 9.11. The highest BCUT2D eigenvalue weighted by atomic mass is 16.2. The van der Waals surface area contributed by atoms with Crippen molar-refractivity contribution < 1.29 is 4.79 Å². The van der Waals surface area contributed by atoms with Gasteiger partial charge in [-0.1, -0.05) is 6.07 Å². The lowest BCUT2D eigenvalue weighted by Crippen LogP contribution is -2.41. The summed E-state index contributed by atoms with van der Waals surface area (Å²) in [6.45, 7) is 2.02. The summed E-state index contributed by atoms with van der Waals surface area (Å²) in [5, 5.41) is 8.02. The van der Waals surface area contributed by atoms with E-state index < -0.39 is 6.04 Å². The summed E-state index contributed by atoms with van der Waals surface area (Å²) >= 11 is 0. The van der Waals surface area contributed by atoms with Crippen LogP contribution in [0.25, 0.3) is 10.9 Å². The number of hydrogen-bond acceptors (Lipinski definition) is 3. The molecule has 0 fully saturated rings. The van der Waals surface area contributed by atoms with Crippen molar-refractivity contribution in [2.45, 2.75) is 19.4 Å². The van der Waals surface area contributed by atoms with E-state index in [4.69, 9.17) is 5.73 Å². The molecule has 5 heteroatoms. The third kappa shape index (κ3) is 2.36. The third-order valence-electron chi connectivity index (χ3n) is 3.02. The van der Waals surface area contributed by atoms with Gasteiger partial charge in [0, 0.05) is 19.5 Å². The van der Waals surface area contributed by atoms with Gasteiger partial charge in [0.15, 0.2) is 0 Å². The van der Waals surface area contributed by atoms with Crippen LogP contribution >= 0.6 is 0 Å². The number of nitrogens with two attached hydrogens (primary N) is 1. The molecular formula is C13H18N4O. The van der Waals surface area contributed by atoms with Gasteiger partial charge >= 0.3 is 0 Å². The number of H-pyrrole nitrogens is 1. The summed E-state index contributed by atoms with van der Waals surface area (Å²) in [6.07, 6.45) is 2.32. The van der Waals surface area contributed by atoms with Gasteiger partial charge in [-0.3, -0.25) is 9.89 Å². The van der Waals surface area contributed by atoms with Crippen molar-refractivity contribution in [1.82, 2.24) is 15.1 Å². The molecule has 0 saturated heterocycles. The minimum atomic E-state index is -0.497. The van der Waals surface area contributed by atoms with Crippen molar-refractivity contribution in [2.24, 2.45) is 5.73 Å². The van der Waals surface area contributed by atoms with Crippen LogP contribution in [-0.2, 0) is 11.2 Å². The van der Waals surface area contributed by atoms with Crippen LogP contribution in [-0.4, -0.2) is 41.1 Å². The average molecular weight is 246 g/mol. The number of nitrogens with zero attached hydrogens (tertiary/aromatic N) is 2. The maximum absolute atomic E-state index is 11.7. The minimum absolute atomic E-state index is 0.0556. The van der Waals surface area contributed by atoms with Gasteiger partial charge in [0.25, 0.3) is 0 Å². The summed E-state index contributed by atoms with van der Waals surface area (Å²) in [5.74, 6) is -0.0556. The fraction of sp³-hybridized carbons (Fsp3) is 0.385. The number of aromatic nitrogens is 2. The van der Waals surface area contributed by atoms with Gasteiger partial charge in [-0.05, 0) is 30.5 Å². The lowest BCUT2D eigenvalue weighted by molar-refractivity contribution is -0.130. The molecular weight excluding hydrogens is 228 g/mol. The molecule has 2 rings (SSSR count). The number of likely N-dealkylation sites (N-methyl/N-ethyl adjacent to an activating group) is 1. The number of hydrogen-bond donors (Lipinski definition) is 2. The lowest BCUT2D eigenvalue weighted by Gasteiger charge is -2.17. The van der Waals surface area contributed by atoms with Crippen LogP contribution in [0.1, 0.15) is 11.1 Å². The van der Waals surface area contributed by atoms with Crippen molar-refractivity contribution in [1.29, 1.82) is 0 Å². The molecule has 1 unspecified atom stereocenters. The number of benzene rings is 1. The van der Waals surface area contributed by atoms with Crippen LogP contribution in [0.5, 0.6) is 0 Å².